The molecule has 2 N–H and O–H groups in total. The summed E-state index contributed by atoms with van der Waals surface area (Å²) in [6, 6.07) is 12.9. The number of carboxylic acids is 1. The predicted octanol–water partition coefficient (Wildman–Crippen LogP) is 5.98. The standard InChI is InChI=1S/C39H47N7O6S/c1-23(2)30-20-45(21-31(30)37(48)49)33-18-40-17-27(41-33)19-46-28(16-39(5,6)7)22-52-34-15-32(35-24(3)10-8-11-25(35)4)42-38(43-34)44-53(50,51)29-13-9-12-26(14-29)36(46)47/h8-15,17-18,23,28,30-31H,16,19-22H2,1-7H3,(H,48,49)(H,42,43,44)/t28-,30?,31?/m1/s1. The first-order valence-corrected chi connectivity index (χ1v) is 19.3. The van der Waals surface area contributed by atoms with Crippen molar-refractivity contribution in [2.75, 3.05) is 29.3 Å². The first-order valence-electron chi connectivity index (χ1n) is 17.8. The number of hydrogen-bond donors (Lipinski definition) is 2. The molecular weight excluding hydrogens is 695 g/mol. The number of aryl methyl sites for hydroxylation is 2. The molecule has 4 heterocycles. The summed E-state index contributed by atoms with van der Waals surface area (Å²) in [6.07, 6.45) is 3.73. The van der Waals surface area contributed by atoms with Gasteiger partial charge in [-0.1, -0.05) is 58.9 Å². The fraction of sp³-hybridized carbons (Fsp3) is 0.436. The quantitative estimate of drug-likeness (QED) is 0.229. The molecule has 13 nitrogen and oxygen atoms in total. The number of carbonyl (C=O) groups excluding carboxylic acids is 1. The van der Waals surface area contributed by atoms with Crippen molar-refractivity contribution < 1.29 is 27.9 Å². The van der Waals surface area contributed by atoms with Crippen LogP contribution in [0.2, 0.25) is 0 Å². The first kappa shape index (κ1) is 37.6. The van der Waals surface area contributed by atoms with E-state index in [1.165, 1.54) is 18.2 Å². The van der Waals surface area contributed by atoms with Gasteiger partial charge in [-0.2, -0.15) is 4.98 Å². The molecule has 2 aromatic heterocycles. The van der Waals surface area contributed by atoms with Gasteiger partial charge in [-0.25, -0.2) is 23.1 Å². The van der Waals surface area contributed by atoms with Crippen LogP contribution in [-0.4, -0.2) is 76.0 Å². The lowest BCUT2D eigenvalue weighted by atomic mass is 9.86. The molecule has 2 aliphatic rings. The lowest BCUT2D eigenvalue weighted by molar-refractivity contribution is -0.142. The molecule has 1 amide bonds. The molecule has 0 spiro atoms. The number of amides is 1. The van der Waals surface area contributed by atoms with Crippen molar-refractivity contribution in [1.29, 1.82) is 0 Å². The molecule has 6 rings (SSSR count). The Kier molecular flexibility index (Phi) is 10.5. The number of sulfonamides is 1. The number of rotatable bonds is 7. The number of benzene rings is 2. The molecule has 2 unspecified atom stereocenters. The first-order chi connectivity index (χ1) is 25.0. The van der Waals surface area contributed by atoms with Crippen LogP contribution in [0.15, 0.2) is 65.8 Å². The number of ether oxygens (including phenoxy) is 1. The highest BCUT2D eigenvalue weighted by Crippen LogP contribution is 2.34. The number of fused-ring (bicyclic) bond motifs is 4. The Labute approximate surface area is 310 Å². The zero-order valence-electron chi connectivity index (χ0n) is 31.2. The topological polar surface area (TPSA) is 168 Å². The number of nitrogens with zero attached hydrogens (tertiary/aromatic N) is 6. The molecule has 0 radical (unpaired) electrons. The SMILES string of the molecule is Cc1cccc(C)c1-c1cc2nc(n1)NS(=O)(=O)c1cccc(c1)C(=O)N(Cc1cncc(N3CC(C(=O)O)C(C(C)C)C3)n1)[C@H](CC(C)(C)C)CO2. The molecule has 1 saturated heterocycles. The second kappa shape index (κ2) is 14.7. The highest BCUT2D eigenvalue weighted by atomic mass is 32.2. The van der Waals surface area contributed by atoms with Crippen LogP contribution in [0.4, 0.5) is 11.8 Å². The highest BCUT2D eigenvalue weighted by molar-refractivity contribution is 7.92. The normalized spacial score (nSPS) is 20.2. The second-order valence-corrected chi connectivity index (χ2v) is 17.3. The Morgan fingerprint density at radius 3 is 2.40 bits per heavy atom. The molecule has 4 aromatic rings. The van der Waals surface area contributed by atoms with Crippen LogP contribution in [0, 0.1) is 37.0 Å². The maximum Gasteiger partial charge on any atom is 0.308 e. The van der Waals surface area contributed by atoms with Gasteiger partial charge in [-0.15, -0.1) is 0 Å². The zero-order chi connectivity index (χ0) is 38.2. The minimum absolute atomic E-state index is 0.0332. The van der Waals surface area contributed by atoms with Gasteiger partial charge in [0.2, 0.25) is 11.8 Å². The maximum atomic E-state index is 14.6. The van der Waals surface area contributed by atoms with Gasteiger partial charge in [0.05, 0.1) is 47.2 Å². The molecule has 1 fully saturated rings. The smallest absolute Gasteiger partial charge is 0.308 e. The van der Waals surface area contributed by atoms with Crippen LogP contribution in [0.25, 0.3) is 11.3 Å². The van der Waals surface area contributed by atoms with Crippen LogP contribution >= 0.6 is 0 Å². The number of aliphatic carboxylic acids is 1. The molecule has 2 aromatic carbocycles. The summed E-state index contributed by atoms with van der Waals surface area (Å²) in [7, 11) is -4.23. The van der Waals surface area contributed by atoms with Crippen LogP contribution < -0.4 is 14.4 Å². The number of hydrogen-bond acceptors (Lipinski definition) is 10. The average molecular weight is 742 g/mol. The van der Waals surface area contributed by atoms with E-state index in [0.29, 0.717) is 36.7 Å². The zero-order valence-corrected chi connectivity index (χ0v) is 32.0. The number of aromatic nitrogens is 4. The molecule has 3 atom stereocenters. The number of nitrogens with one attached hydrogen (secondary N) is 1. The predicted molar refractivity (Wildman–Crippen MR) is 201 cm³/mol. The minimum Gasteiger partial charge on any atom is -0.481 e. The van der Waals surface area contributed by atoms with E-state index in [2.05, 4.69) is 40.4 Å². The van der Waals surface area contributed by atoms with Crippen molar-refractivity contribution in [3.8, 4) is 17.1 Å². The summed E-state index contributed by atoms with van der Waals surface area (Å²) in [6.45, 7) is 15.1. The molecule has 0 aliphatic carbocycles. The van der Waals surface area contributed by atoms with Gasteiger partial charge in [0.25, 0.3) is 15.9 Å². The van der Waals surface area contributed by atoms with Crippen LogP contribution in [-0.2, 0) is 21.4 Å². The van der Waals surface area contributed by atoms with Gasteiger partial charge in [0.1, 0.15) is 12.4 Å². The summed E-state index contributed by atoms with van der Waals surface area (Å²) in [5.41, 5.74) is 3.63. The van der Waals surface area contributed by atoms with Crippen molar-refractivity contribution in [3.63, 3.8) is 0 Å². The summed E-state index contributed by atoms with van der Waals surface area (Å²) in [5.74, 6) is -1.14. The Hall–Kier alpha value is -5.11. The Morgan fingerprint density at radius 2 is 1.74 bits per heavy atom. The van der Waals surface area contributed by atoms with Crippen molar-refractivity contribution in [2.24, 2.45) is 23.2 Å². The molecule has 280 valence electrons. The van der Waals surface area contributed by atoms with Crippen LogP contribution in [0.1, 0.15) is 68.2 Å². The van der Waals surface area contributed by atoms with Crippen LogP contribution in [0.5, 0.6) is 5.88 Å². The number of carboxylic acid groups (broad SMARTS) is 1. The summed E-state index contributed by atoms with van der Waals surface area (Å²) < 4.78 is 36.4. The van der Waals surface area contributed by atoms with Gasteiger partial charge < -0.3 is 19.6 Å². The fourth-order valence-electron chi connectivity index (χ4n) is 7.30. The molecule has 4 bridgehead atoms. The van der Waals surface area contributed by atoms with E-state index in [1.807, 2.05) is 50.8 Å². The highest BCUT2D eigenvalue weighted by Gasteiger charge is 2.40. The largest absolute Gasteiger partial charge is 0.481 e. The average Bonchev–Trinajstić information content (AvgIpc) is 3.55. The van der Waals surface area contributed by atoms with Gasteiger partial charge >= 0.3 is 5.97 Å². The van der Waals surface area contributed by atoms with Gasteiger partial charge in [0.15, 0.2) is 0 Å². The third-order valence-corrected chi connectivity index (χ3v) is 11.2. The number of anilines is 2. The minimum atomic E-state index is -4.23. The summed E-state index contributed by atoms with van der Waals surface area (Å²) in [4.78, 5) is 48.6. The van der Waals surface area contributed by atoms with E-state index >= 15 is 0 Å². The number of carbonyl (C=O) groups is 2. The van der Waals surface area contributed by atoms with Crippen molar-refractivity contribution >= 4 is 33.7 Å². The maximum absolute atomic E-state index is 14.6. The van der Waals surface area contributed by atoms with Crippen molar-refractivity contribution in [3.05, 3.63) is 83.3 Å². The molecule has 0 saturated carbocycles. The van der Waals surface area contributed by atoms with E-state index in [4.69, 9.17) is 9.72 Å². The van der Waals surface area contributed by atoms with E-state index < -0.39 is 33.9 Å². The third-order valence-electron chi connectivity index (χ3n) is 9.90. The lowest BCUT2D eigenvalue weighted by Gasteiger charge is -2.35. The van der Waals surface area contributed by atoms with E-state index in [1.54, 1.807) is 29.4 Å². The Morgan fingerprint density at radius 1 is 1.02 bits per heavy atom. The van der Waals surface area contributed by atoms with E-state index in [9.17, 15) is 23.1 Å². The Bertz CT molecular complexity index is 2110. The van der Waals surface area contributed by atoms with Gasteiger partial charge in [0, 0.05) is 30.3 Å². The Balaban J connectivity index is 1.43. The molecule has 53 heavy (non-hydrogen) atoms. The second-order valence-electron chi connectivity index (χ2n) is 15.6. The van der Waals surface area contributed by atoms with Gasteiger partial charge in [-0.3, -0.25) is 14.6 Å². The summed E-state index contributed by atoms with van der Waals surface area (Å²) >= 11 is 0. The fourth-order valence-corrected chi connectivity index (χ4v) is 8.29. The van der Waals surface area contributed by atoms with Crippen LogP contribution in [0.3, 0.4) is 0 Å². The molecular formula is C39H47N7O6S. The molecule has 14 heteroatoms. The summed E-state index contributed by atoms with van der Waals surface area (Å²) in [5, 5.41) is 9.93. The molecule has 2 aliphatic heterocycles. The lowest BCUT2D eigenvalue weighted by Crippen LogP contribution is -2.45. The monoisotopic (exact) mass is 741 g/mol. The van der Waals surface area contributed by atoms with Crippen molar-refractivity contribution in [2.45, 2.75) is 72.4 Å². The van der Waals surface area contributed by atoms with E-state index in [-0.39, 0.29) is 52.7 Å². The van der Waals surface area contributed by atoms with Gasteiger partial charge in [-0.05, 0) is 66.8 Å². The van der Waals surface area contributed by atoms with E-state index in [0.717, 1.165) is 16.7 Å². The third kappa shape index (κ3) is 8.43. The van der Waals surface area contributed by atoms with Crippen molar-refractivity contribution in [1.82, 2.24) is 24.8 Å².